The average Bonchev–Trinajstić information content (AvgIpc) is 3.10. The predicted octanol–water partition coefficient (Wildman–Crippen LogP) is 2.20. The van der Waals surface area contributed by atoms with Crippen molar-refractivity contribution in [1.29, 1.82) is 0 Å². The van der Waals surface area contributed by atoms with Crippen LogP contribution in [0.2, 0.25) is 0 Å². The number of carbonyl (C=O) groups excluding carboxylic acids is 1. The molecule has 0 radical (unpaired) electrons. The maximum absolute atomic E-state index is 13.2. The van der Waals surface area contributed by atoms with Crippen LogP contribution in [0.15, 0.2) is 42.6 Å². The number of piperazine rings is 1. The Morgan fingerprint density at radius 1 is 1.08 bits per heavy atom. The van der Waals surface area contributed by atoms with E-state index in [1.807, 2.05) is 17.0 Å². The lowest BCUT2D eigenvalue weighted by Gasteiger charge is -2.35. The first-order chi connectivity index (χ1) is 12.1. The summed E-state index contributed by atoms with van der Waals surface area (Å²) in [4.78, 5) is 20.2. The van der Waals surface area contributed by atoms with Crippen molar-refractivity contribution in [3.05, 3.63) is 48.4 Å². The van der Waals surface area contributed by atoms with Crippen molar-refractivity contribution >= 4 is 17.4 Å². The highest BCUT2D eigenvalue weighted by Crippen LogP contribution is 2.25. The quantitative estimate of drug-likeness (QED) is 0.718. The Balaban J connectivity index is 1.72. The summed E-state index contributed by atoms with van der Waals surface area (Å²) in [5, 5.41) is 4.37. The molecule has 1 aliphatic heterocycles. The van der Waals surface area contributed by atoms with Crippen LogP contribution >= 0.6 is 0 Å². The molecule has 1 fully saturated rings. The summed E-state index contributed by atoms with van der Waals surface area (Å²) >= 11 is 0. The number of hydrogen-bond acceptors (Lipinski definition) is 4. The zero-order chi connectivity index (χ0) is 17.4. The minimum atomic E-state index is -0.269. The summed E-state index contributed by atoms with van der Waals surface area (Å²) < 4.78 is 15.0. The van der Waals surface area contributed by atoms with E-state index in [9.17, 15) is 9.18 Å². The largest absolute Gasteiger partial charge is 0.353 e. The van der Waals surface area contributed by atoms with Gasteiger partial charge in [0.15, 0.2) is 5.65 Å². The Bertz CT molecular complexity index is 913. The molecule has 2 aromatic heterocycles. The molecule has 0 spiro atoms. The molecule has 3 aromatic rings. The molecule has 0 bridgehead atoms. The minimum Gasteiger partial charge on any atom is -0.353 e. The van der Waals surface area contributed by atoms with Crippen molar-refractivity contribution in [3.63, 3.8) is 0 Å². The molecule has 3 heterocycles. The van der Waals surface area contributed by atoms with E-state index in [2.05, 4.69) is 15.0 Å². The third kappa shape index (κ3) is 2.93. The van der Waals surface area contributed by atoms with Gasteiger partial charge < -0.3 is 9.80 Å². The van der Waals surface area contributed by atoms with Crippen molar-refractivity contribution in [2.75, 3.05) is 31.1 Å². The highest BCUT2D eigenvalue weighted by molar-refractivity contribution is 5.73. The van der Waals surface area contributed by atoms with Gasteiger partial charge in [-0.25, -0.2) is 9.37 Å². The third-order valence-corrected chi connectivity index (χ3v) is 4.53. The Morgan fingerprint density at radius 2 is 1.80 bits per heavy atom. The predicted molar refractivity (Wildman–Crippen MR) is 92.8 cm³/mol. The fourth-order valence-corrected chi connectivity index (χ4v) is 3.14. The van der Waals surface area contributed by atoms with Gasteiger partial charge in [0.25, 0.3) is 0 Å². The SMILES string of the molecule is CC(=O)N1CCN(c2cc(-c3ccc(F)cc3)nc3ccnn23)CC1. The minimum absolute atomic E-state index is 0.102. The number of amides is 1. The van der Waals surface area contributed by atoms with Gasteiger partial charge in [0.2, 0.25) is 5.91 Å². The van der Waals surface area contributed by atoms with Gasteiger partial charge in [0.1, 0.15) is 11.6 Å². The lowest BCUT2D eigenvalue weighted by atomic mass is 10.1. The molecule has 1 saturated heterocycles. The van der Waals surface area contributed by atoms with E-state index >= 15 is 0 Å². The van der Waals surface area contributed by atoms with Crippen LogP contribution < -0.4 is 4.90 Å². The van der Waals surface area contributed by atoms with Crippen LogP contribution in [-0.4, -0.2) is 51.6 Å². The Morgan fingerprint density at radius 3 is 2.48 bits per heavy atom. The monoisotopic (exact) mass is 339 g/mol. The Hall–Kier alpha value is -2.96. The van der Waals surface area contributed by atoms with Crippen LogP contribution in [0.4, 0.5) is 10.2 Å². The summed E-state index contributed by atoms with van der Waals surface area (Å²) in [5.74, 6) is 0.762. The second kappa shape index (κ2) is 6.16. The van der Waals surface area contributed by atoms with Crippen LogP contribution in [0.5, 0.6) is 0 Å². The van der Waals surface area contributed by atoms with Crippen LogP contribution in [0.25, 0.3) is 16.9 Å². The number of anilines is 1. The van der Waals surface area contributed by atoms with E-state index in [4.69, 9.17) is 0 Å². The first kappa shape index (κ1) is 15.6. The first-order valence-electron chi connectivity index (χ1n) is 8.23. The van der Waals surface area contributed by atoms with Gasteiger partial charge in [-0.05, 0) is 24.3 Å². The van der Waals surface area contributed by atoms with Gasteiger partial charge in [-0.1, -0.05) is 0 Å². The van der Waals surface area contributed by atoms with Gasteiger partial charge >= 0.3 is 0 Å². The van der Waals surface area contributed by atoms with Crippen molar-refractivity contribution in [1.82, 2.24) is 19.5 Å². The molecule has 0 aliphatic carbocycles. The highest BCUT2D eigenvalue weighted by Gasteiger charge is 2.21. The van der Waals surface area contributed by atoms with Crippen molar-refractivity contribution in [2.45, 2.75) is 6.92 Å². The smallest absolute Gasteiger partial charge is 0.219 e. The number of halogens is 1. The Kier molecular flexibility index (Phi) is 3.83. The van der Waals surface area contributed by atoms with Gasteiger partial charge in [0, 0.05) is 50.8 Å². The number of nitrogens with zero attached hydrogens (tertiary/aromatic N) is 5. The van der Waals surface area contributed by atoms with Gasteiger partial charge in [-0.3, -0.25) is 4.79 Å². The molecule has 6 nitrogen and oxygen atoms in total. The summed E-state index contributed by atoms with van der Waals surface area (Å²) in [6.07, 6.45) is 1.71. The number of fused-ring (bicyclic) bond motifs is 1. The number of benzene rings is 1. The Labute approximate surface area is 144 Å². The van der Waals surface area contributed by atoms with Crippen molar-refractivity contribution < 1.29 is 9.18 Å². The lowest BCUT2D eigenvalue weighted by molar-refractivity contribution is -0.129. The molecule has 128 valence electrons. The normalized spacial score (nSPS) is 15.0. The van der Waals surface area contributed by atoms with Gasteiger partial charge in [-0.15, -0.1) is 0 Å². The zero-order valence-corrected chi connectivity index (χ0v) is 13.9. The molecule has 0 N–H and O–H groups in total. The number of aromatic nitrogens is 3. The fraction of sp³-hybridized carbons (Fsp3) is 0.278. The molecular weight excluding hydrogens is 321 g/mol. The summed E-state index contributed by atoms with van der Waals surface area (Å²) in [7, 11) is 0. The van der Waals surface area contributed by atoms with Gasteiger partial charge in [-0.2, -0.15) is 9.61 Å². The average molecular weight is 339 g/mol. The molecule has 1 aromatic carbocycles. The van der Waals surface area contributed by atoms with E-state index in [1.54, 1.807) is 29.8 Å². The van der Waals surface area contributed by atoms with Crippen molar-refractivity contribution in [3.8, 4) is 11.3 Å². The summed E-state index contributed by atoms with van der Waals surface area (Å²) in [6.45, 7) is 4.45. The van der Waals surface area contributed by atoms with Crippen LogP contribution in [0, 0.1) is 5.82 Å². The number of carbonyl (C=O) groups is 1. The second-order valence-electron chi connectivity index (χ2n) is 6.10. The standard InChI is InChI=1S/C18H18FN5O/c1-13(25)22-8-10-23(11-9-22)18-12-16(14-2-4-15(19)5-3-14)21-17-6-7-20-24(17)18/h2-7,12H,8-11H2,1H3. The van der Waals surface area contributed by atoms with Crippen LogP contribution in [0.3, 0.4) is 0 Å². The lowest BCUT2D eigenvalue weighted by Crippen LogP contribution is -2.48. The number of rotatable bonds is 2. The van der Waals surface area contributed by atoms with Crippen LogP contribution in [0.1, 0.15) is 6.92 Å². The summed E-state index contributed by atoms with van der Waals surface area (Å²) in [5.41, 5.74) is 2.37. The highest BCUT2D eigenvalue weighted by atomic mass is 19.1. The maximum atomic E-state index is 13.2. The molecule has 1 amide bonds. The topological polar surface area (TPSA) is 53.7 Å². The maximum Gasteiger partial charge on any atom is 0.219 e. The van der Waals surface area contributed by atoms with E-state index in [0.717, 1.165) is 35.8 Å². The van der Waals surface area contributed by atoms with E-state index in [-0.39, 0.29) is 11.7 Å². The molecule has 25 heavy (non-hydrogen) atoms. The van der Waals surface area contributed by atoms with Gasteiger partial charge in [0.05, 0.1) is 11.9 Å². The van der Waals surface area contributed by atoms with E-state index < -0.39 is 0 Å². The number of hydrogen-bond donors (Lipinski definition) is 0. The first-order valence-corrected chi connectivity index (χ1v) is 8.23. The summed E-state index contributed by atoms with van der Waals surface area (Å²) in [6, 6.07) is 10.1. The van der Waals surface area contributed by atoms with Crippen molar-refractivity contribution in [2.24, 2.45) is 0 Å². The molecule has 0 saturated carbocycles. The second-order valence-corrected chi connectivity index (χ2v) is 6.10. The molecular formula is C18H18FN5O. The molecule has 7 heteroatoms. The molecule has 0 unspecified atom stereocenters. The fourth-order valence-electron chi connectivity index (χ4n) is 3.14. The van der Waals surface area contributed by atoms with Crippen LogP contribution in [-0.2, 0) is 4.79 Å². The molecule has 0 atom stereocenters. The third-order valence-electron chi connectivity index (χ3n) is 4.53. The van der Waals surface area contributed by atoms with E-state index in [1.165, 1.54) is 12.1 Å². The zero-order valence-electron chi connectivity index (χ0n) is 13.9. The van der Waals surface area contributed by atoms with E-state index in [0.29, 0.717) is 13.1 Å². The molecule has 4 rings (SSSR count). The molecule has 1 aliphatic rings.